The van der Waals surface area contributed by atoms with Crippen LogP contribution >= 0.6 is 0 Å². The van der Waals surface area contributed by atoms with Crippen molar-refractivity contribution < 1.29 is 0 Å². The Morgan fingerprint density at radius 1 is 0.390 bits per heavy atom. The molecule has 216 valence electrons. The highest BCUT2D eigenvalue weighted by atomic mass is 14.6. The number of hydrogen-bond acceptors (Lipinski definition) is 2. The normalized spacial score (nSPS) is 11.2. The molecule has 4 N–H and O–H groups in total. The fourth-order valence-corrected chi connectivity index (χ4v) is 5.66. The van der Waals surface area contributed by atoms with Gasteiger partial charge in [-0.3, -0.25) is 0 Å². The molecule has 0 saturated carbocycles. The van der Waals surface area contributed by atoms with Crippen LogP contribution in [0.5, 0.6) is 0 Å². The lowest BCUT2D eigenvalue weighted by atomic mass is 9.97. The molecule has 2 nitrogen and oxygen atoms in total. The molecule has 0 bridgehead atoms. The highest BCUT2D eigenvalue weighted by Gasteiger charge is 2.05. The van der Waals surface area contributed by atoms with E-state index in [0.717, 1.165) is 49.9 Å². The van der Waals surface area contributed by atoms with Crippen LogP contribution in [0.1, 0.15) is 103 Å². The van der Waals surface area contributed by atoms with Gasteiger partial charge in [0, 0.05) is 11.4 Å². The van der Waals surface area contributed by atoms with Crippen LogP contribution in [0.15, 0.2) is 84.9 Å². The van der Waals surface area contributed by atoms with Gasteiger partial charge in [-0.15, -0.1) is 0 Å². The van der Waals surface area contributed by atoms with Gasteiger partial charge in [-0.1, -0.05) is 106 Å². The van der Waals surface area contributed by atoms with Crippen molar-refractivity contribution in [2.45, 2.75) is 97.3 Å². The Morgan fingerprint density at radius 2 is 0.756 bits per heavy atom. The van der Waals surface area contributed by atoms with Gasteiger partial charge < -0.3 is 11.5 Å². The first-order chi connectivity index (χ1) is 20.0. The lowest BCUT2D eigenvalue weighted by molar-refractivity contribution is 0.678. The maximum absolute atomic E-state index is 6.19. The van der Waals surface area contributed by atoms with E-state index in [0.29, 0.717) is 0 Å². The van der Waals surface area contributed by atoms with E-state index in [4.69, 9.17) is 11.5 Å². The molecular weight excluding hydrogens is 496 g/mol. The fraction of sp³-hybridized carbons (Fsp3) is 0.385. The monoisotopic (exact) mass is 546 g/mol. The summed E-state index contributed by atoms with van der Waals surface area (Å²) in [6.45, 7) is 4.46. The highest BCUT2D eigenvalue weighted by molar-refractivity contribution is 5.50. The topological polar surface area (TPSA) is 52.0 Å². The first kappa shape index (κ1) is 30.4. The van der Waals surface area contributed by atoms with E-state index in [1.54, 1.807) is 0 Å². The minimum absolute atomic E-state index is 0.931. The summed E-state index contributed by atoms with van der Waals surface area (Å²) in [7, 11) is 0. The van der Waals surface area contributed by atoms with Crippen LogP contribution in [0.2, 0.25) is 0 Å². The Morgan fingerprint density at radius 3 is 1.15 bits per heavy atom. The van der Waals surface area contributed by atoms with Gasteiger partial charge in [-0.05, 0) is 121 Å². The molecule has 41 heavy (non-hydrogen) atoms. The minimum atomic E-state index is 0.931. The molecule has 4 aromatic carbocycles. The fourth-order valence-electron chi connectivity index (χ4n) is 5.66. The first-order valence-electron chi connectivity index (χ1n) is 15.9. The SMILES string of the molecule is CCCCc1cc(Cc2ccc(CCCCCc3ccc(Cc4ccc(N)c(CCCC)c4)cc3)cc2)ccc1N. The van der Waals surface area contributed by atoms with Crippen molar-refractivity contribution in [2.75, 3.05) is 11.5 Å². The molecule has 0 aliphatic rings. The predicted octanol–water partition coefficient (Wildman–Crippen LogP) is 9.67. The number of nitrogens with two attached hydrogens (primary N) is 2. The van der Waals surface area contributed by atoms with Gasteiger partial charge in [0.1, 0.15) is 0 Å². The van der Waals surface area contributed by atoms with Crippen molar-refractivity contribution in [3.05, 3.63) is 129 Å². The van der Waals surface area contributed by atoms with Gasteiger partial charge in [0.05, 0.1) is 0 Å². The molecule has 0 unspecified atom stereocenters. The first-order valence-corrected chi connectivity index (χ1v) is 15.9. The average molecular weight is 547 g/mol. The van der Waals surface area contributed by atoms with Crippen LogP contribution in [-0.4, -0.2) is 0 Å². The Hall–Kier alpha value is -3.52. The molecule has 0 radical (unpaired) electrons. The summed E-state index contributed by atoms with van der Waals surface area (Å²) in [4.78, 5) is 0. The van der Waals surface area contributed by atoms with Crippen LogP contribution in [0.3, 0.4) is 0 Å². The van der Waals surface area contributed by atoms with E-state index in [1.807, 2.05) is 0 Å². The smallest absolute Gasteiger partial charge is 0.0346 e. The quantitative estimate of drug-likeness (QED) is 0.109. The van der Waals surface area contributed by atoms with E-state index in [1.165, 1.54) is 89.5 Å². The Labute approximate surface area is 249 Å². The van der Waals surface area contributed by atoms with Crippen LogP contribution in [0.25, 0.3) is 0 Å². The lowest BCUT2D eigenvalue weighted by Crippen LogP contribution is -1.98. The zero-order valence-electron chi connectivity index (χ0n) is 25.4. The standard InChI is InChI=1S/C39H50N2/c1-3-5-12-36-28-34(22-24-38(36)40)26-32-18-14-30(15-19-32)10-8-7-9-11-31-16-20-33(21-17-31)27-35-23-25-39(41)37(29-35)13-6-4-2/h14-25,28-29H,3-13,26-27,40-41H2,1-2H3. The number of anilines is 2. The van der Waals surface area contributed by atoms with Gasteiger partial charge in [0.2, 0.25) is 0 Å². The number of unbranched alkanes of at least 4 members (excludes halogenated alkanes) is 4. The van der Waals surface area contributed by atoms with E-state index in [-0.39, 0.29) is 0 Å². The summed E-state index contributed by atoms with van der Waals surface area (Å²) in [5, 5.41) is 0. The Balaban J connectivity index is 1.17. The second kappa shape index (κ2) is 16.1. The third kappa shape index (κ3) is 9.81. The molecule has 0 saturated heterocycles. The number of rotatable bonds is 16. The zero-order valence-corrected chi connectivity index (χ0v) is 25.4. The van der Waals surface area contributed by atoms with Crippen molar-refractivity contribution in [1.82, 2.24) is 0 Å². The lowest BCUT2D eigenvalue weighted by Gasteiger charge is -2.10. The van der Waals surface area contributed by atoms with Crippen LogP contribution < -0.4 is 11.5 Å². The molecule has 0 aliphatic carbocycles. The predicted molar refractivity (Wildman–Crippen MR) is 179 cm³/mol. The number of nitrogen functional groups attached to an aromatic ring is 2. The summed E-state index contributed by atoms with van der Waals surface area (Å²) < 4.78 is 0. The van der Waals surface area contributed by atoms with Crippen molar-refractivity contribution in [3.63, 3.8) is 0 Å². The molecule has 0 aromatic heterocycles. The summed E-state index contributed by atoms with van der Waals surface area (Å²) >= 11 is 0. The van der Waals surface area contributed by atoms with Gasteiger partial charge in [0.15, 0.2) is 0 Å². The van der Waals surface area contributed by atoms with E-state index in [2.05, 4.69) is 98.8 Å². The number of hydrogen-bond donors (Lipinski definition) is 2. The van der Waals surface area contributed by atoms with Gasteiger partial charge >= 0.3 is 0 Å². The van der Waals surface area contributed by atoms with Crippen LogP contribution in [0, 0.1) is 0 Å². The Kier molecular flexibility index (Phi) is 11.9. The van der Waals surface area contributed by atoms with Gasteiger partial charge in [-0.25, -0.2) is 0 Å². The van der Waals surface area contributed by atoms with Crippen molar-refractivity contribution >= 4 is 11.4 Å². The molecule has 0 amide bonds. The molecule has 4 aromatic rings. The number of benzene rings is 4. The largest absolute Gasteiger partial charge is 0.399 e. The van der Waals surface area contributed by atoms with Gasteiger partial charge in [0.25, 0.3) is 0 Å². The van der Waals surface area contributed by atoms with Crippen LogP contribution in [0.4, 0.5) is 11.4 Å². The summed E-state index contributed by atoms with van der Waals surface area (Å²) in [5.41, 5.74) is 25.2. The maximum atomic E-state index is 6.19. The highest BCUT2D eigenvalue weighted by Crippen LogP contribution is 2.21. The van der Waals surface area contributed by atoms with E-state index < -0.39 is 0 Å². The van der Waals surface area contributed by atoms with Crippen molar-refractivity contribution in [2.24, 2.45) is 0 Å². The molecule has 0 fully saturated rings. The molecule has 0 heterocycles. The van der Waals surface area contributed by atoms with Crippen LogP contribution in [-0.2, 0) is 38.5 Å². The van der Waals surface area contributed by atoms with Crippen molar-refractivity contribution in [3.8, 4) is 0 Å². The van der Waals surface area contributed by atoms with Gasteiger partial charge in [-0.2, -0.15) is 0 Å². The van der Waals surface area contributed by atoms with E-state index >= 15 is 0 Å². The minimum Gasteiger partial charge on any atom is -0.399 e. The Bertz CT molecular complexity index is 1230. The molecule has 0 spiro atoms. The second-order valence-electron chi connectivity index (χ2n) is 11.8. The molecule has 4 rings (SSSR count). The molecule has 2 heteroatoms. The maximum Gasteiger partial charge on any atom is 0.0346 e. The molecule has 0 aliphatic heterocycles. The third-order valence-corrected chi connectivity index (χ3v) is 8.31. The summed E-state index contributed by atoms with van der Waals surface area (Å²) in [5.74, 6) is 0. The summed E-state index contributed by atoms with van der Waals surface area (Å²) in [6.07, 6.45) is 14.9. The van der Waals surface area contributed by atoms with Crippen molar-refractivity contribution in [1.29, 1.82) is 0 Å². The summed E-state index contributed by atoms with van der Waals surface area (Å²) in [6, 6.07) is 31.6. The number of aryl methyl sites for hydroxylation is 4. The average Bonchev–Trinajstić information content (AvgIpc) is 2.99. The third-order valence-electron chi connectivity index (χ3n) is 8.31. The molecule has 0 atom stereocenters. The second-order valence-corrected chi connectivity index (χ2v) is 11.8. The zero-order chi connectivity index (χ0) is 28.9. The van der Waals surface area contributed by atoms with E-state index in [9.17, 15) is 0 Å². The molecular formula is C39H50N2.